The Labute approximate surface area is 188 Å². The number of ether oxygens (including phenoxy) is 4. The Bertz CT molecular complexity index is 940. The van der Waals surface area contributed by atoms with Crippen LogP contribution < -0.4 is 19.5 Å². The number of benzene rings is 2. The number of nitrogens with one attached hydrogen (secondary N) is 1. The number of carbonyl (C=O) groups excluding carboxylic acids is 1. The predicted octanol–water partition coefficient (Wildman–Crippen LogP) is 2.88. The van der Waals surface area contributed by atoms with E-state index in [1.54, 1.807) is 19.2 Å². The van der Waals surface area contributed by atoms with E-state index >= 15 is 0 Å². The van der Waals surface area contributed by atoms with Crippen molar-refractivity contribution < 1.29 is 23.7 Å². The number of fused-ring (bicyclic) bond motifs is 4. The molecule has 0 radical (unpaired) electrons. The fourth-order valence-corrected chi connectivity index (χ4v) is 4.75. The zero-order chi connectivity index (χ0) is 21.9. The number of carbonyl (C=O) groups is 1. The highest BCUT2D eigenvalue weighted by Gasteiger charge is 2.35. The van der Waals surface area contributed by atoms with Gasteiger partial charge in [-0.05, 0) is 67.7 Å². The maximum absolute atomic E-state index is 12.8. The second kappa shape index (κ2) is 9.38. The van der Waals surface area contributed by atoms with Crippen LogP contribution in [0.1, 0.15) is 28.8 Å². The van der Waals surface area contributed by atoms with Gasteiger partial charge in [0.1, 0.15) is 12.4 Å². The number of rotatable bonds is 7. The fraction of sp³-hybridized carbons (Fsp3) is 0.480. The van der Waals surface area contributed by atoms with Crippen molar-refractivity contribution in [1.29, 1.82) is 0 Å². The molecule has 1 N–H and O–H groups in total. The van der Waals surface area contributed by atoms with Crippen LogP contribution in [0.25, 0.3) is 0 Å². The normalized spacial score (nSPS) is 25.9. The average Bonchev–Trinajstić information content (AvgIpc) is 2.85. The van der Waals surface area contributed by atoms with Crippen molar-refractivity contribution in [3.8, 4) is 17.2 Å². The molecule has 1 amide bonds. The third-order valence-electron chi connectivity index (χ3n) is 6.63. The van der Waals surface area contributed by atoms with Gasteiger partial charge >= 0.3 is 0 Å². The molecule has 3 fully saturated rings. The molecule has 2 aromatic rings. The Kier molecular flexibility index (Phi) is 6.19. The Balaban J connectivity index is 1.12. The molecule has 4 heterocycles. The summed E-state index contributed by atoms with van der Waals surface area (Å²) < 4.78 is 22.9. The number of methoxy groups -OCH3 is 1. The molecule has 0 saturated carbocycles. The van der Waals surface area contributed by atoms with Crippen molar-refractivity contribution >= 4 is 5.91 Å². The van der Waals surface area contributed by atoms with E-state index in [4.69, 9.17) is 18.9 Å². The summed E-state index contributed by atoms with van der Waals surface area (Å²) >= 11 is 0. The van der Waals surface area contributed by atoms with Crippen LogP contribution in [-0.2, 0) is 11.3 Å². The number of nitrogens with zero attached hydrogens (tertiary/aromatic N) is 1. The molecule has 0 aromatic heterocycles. The lowest BCUT2D eigenvalue weighted by molar-refractivity contribution is 0.00266. The molecule has 2 atom stereocenters. The molecule has 170 valence electrons. The molecule has 2 aromatic carbocycles. The van der Waals surface area contributed by atoms with Crippen LogP contribution in [0.4, 0.5) is 0 Å². The van der Waals surface area contributed by atoms with Crippen LogP contribution in [0.5, 0.6) is 17.2 Å². The third kappa shape index (κ3) is 4.69. The van der Waals surface area contributed by atoms with Gasteiger partial charge < -0.3 is 29.2 Å². The Morgan fingerprint density at radius 1 is 1.12 bits per heavy atom. The monoisotopic (exact) mass is 438 g/mol. The Morgan fingerprint density at radius 2 is 1.94 bits per heavy atom. The zero-order valence-electron chi connectivity index (χ0n) is 18.4. The molecule has 7 heteroatoms. The van der Waals surface area contributed by atoms with Gasteiger partial charge in [-0.15, -0.1) is 0 Å². The molecule has 32 heavy (non-hydrogen) atoms. The first kappa shape index (κ1) is 21.1. The SMILES string of the molecule is COc1ccc(COC[C@H]2COc3cc(C(=O)N[C@H]4CN5CCC4CC5)ccc3O2)cc1. The van der Waals surface area contributed by atoms with E-state index in [0.717, 1.165) is 30.9 Å². The van der Waals surface area contributed by atoms with Crippen molar-refractivity contribution in [2.45, 2.75) is 31.6 Å². The van der Waals surface area contributed by atoms with E-state index in [-0.39, 0.29) is 18.1 Å². The summed E-state index contributed by atoms with van der Waals surface area (Å²) in [5.41, 5.74) is 1.68. The van der Waals surface area contributed by atoms with Crippen molar-refractivity contribution in [3.05, 3.63) is 53.6 Å². The van der Waals surface area contributed by atoms with Gasteiger partial charge in [-0.3, -0.25) is 4.79 Å². The smallest absolute Gasteiger partial charge is 0.251 e. The lowest BCUT2D eigenvalue weighted by atomic mass is 9.84. The van der Waals surface area contributed by atoms with E-state index in [9.17, 15) is 4.79 Å². The summed E-state index contributed by atoms with van der Waals surface area (Å²) in [5.74, 6) is 2.64. The lowest BCUT2D eigenvalue weighted by Gasteiger charge is -2.44. The largest absolute Gasteiger partial charge is 0.497 e. The Hall–Kier alpha value is -2.77. The highest BCUT2D eigenvalue weighted by molar-refractivity contribution is 5.95. The first-order valence-corrected chi connectivity index (χ1v) is 11.4. The third-order valence-corrected chi connectivity index (χ3v) is 6.63. The van der Waals surface area contributed by atoms with Crippen LogP contribution >= 0.6 is 0 Å². The number of amides is 1. The maximum atomic E-state index is 12.8. The van der Waals surface area contributed by atoms with Gasteiger partial charge in [-0.25, -0.2) is 0 Å². The molecule has 0 unspecified atom stereocenters. The molecular weight excluding hydrogens is 408 g/mol. The number of hydrogen-bond acceptors (Lipinski definition) is 6. The van der Waals surface area contributed by atoms with Gasteiger partial charge in [0, 0.05) is 18.2 Å². The van der Waals surface area contributed by atoms with Crippen molar-refractivity contribution in [2.75, 3.05) is 40.0 Å². The minimum atomic E-state index is -0.188. The van der Waals surface area contributed by atoms with Crippen LogP contribution in [0.15, 0.2) is 42.5 Å². The van der Waals surface area contributed by atoms with Crippen LogP contribution in [0, 0.1) is 5.92 Å². The highest BCUT2D eigenvalue weighted by Crippen LogP contribution is 2.33. The first-order valence-electron chi connectivity index (χ1n) is 11.4. The molecule has 0 spiro atoms. The average molecular weight is 439 g/mol. The maximum Gasteiger partial charge on any atom is 0.251 e. The van der Waals surface area contributed by atoms with Crippen molar-refractivity contribution in [2.24, 2.45) is 5.92 Å². The van der Waals surface area contributed by atoms with Crippen molar-refractivity contribution in [3.63, 3.8) is 0 Å². The van der Waals surface area contributed by atoms with E-state index in [1.807, 2.05) is 30.3 Å². The van der Waals surface area contributed by atoms with E-state index in [2.05, 4.69) is 10.2 Å². The van der Waals surface area contributed by atoms with Crippen LogP contribution in [0.3, 0.4) is 0 Å². The highest BCUT2D eigenvalue weighted by atomic mass is 16.6. The van der Waals surface area contributed by atoms with E-state index in [0.29, 0.717) is 42.8 Å². The summed E-state index contributed by atoms with van der Waals surface area (Å²) in [6, 6.07) is 13.4. The summed E-state index contributed by atoms with van der Waals surface area (Å²) in [4.78, 5) is 15.2. The summed E-state index contributed by atoms with van der Waals surface area (Å²) in [6.07, 6.45) is 2.16. The van der Waals surface area contributed by atoms with Gasteiger partial charge in [-0.2, -0.15) is 0 Å². The summed E-state index contributed by atoms with van der Waals surface area (Å²) in [5, 5.41) is 3.23. The summed E-state index contributed by atoms with van der Waals surface area (Å²) in [7, 11) is 1.65. The van der Waals surface area contributed by atoms with Crippen LogP contribution in [-0.4, -0.2) is 62.9 Å². The second-order valence-corrected chi connectivity index (χ2v) is 8.79. The molecule has 6 rings (SSSR count). The van der Waals surface area contributed by atoms with E-state index < -0.39 is 0 Å². The van der Waals surface area contributed by atoms with Gasteiger partial charge in [-0.1, -0.05) is 12.1 Å². The molecule has 2 bridgehead atoms. The molecule has 4 aliphatic rings. The van der Waals surface area contributed by atoms with E-state index in [1.165, 1.54) is 12.8 Å². The van der Waals surface area contributed by atoms with Crippen LogP contribution in [0.2, 0.25) is 0 Å². The standard InChI is InChI=1S/C25H30N2O5/c1-29-20-5-2-17(3-6-20)14-30-15-21-16-31-24-12-19(4-7-23(24)32-21)25(28)26-22-13-27-10-8-18(22)9-11-27/h2-7,12,18,21-22H,8-11,13-16H2,1H3,(H,26,28)/t21-,22-/m0/s1. The Morgan fingerprint density at radius 3 is 2.66 bits per heavy atom. The zero-order valence-corrected chi connectivity index (χ0v) is 18.4. The second-order valence-electron chi connectivity index (χ2n) is 8.79. The fourth-order valence-electron chi connectivity index (χ4n) is 4.75. The minimum absolute atomic E-state index is 0.0416. The molecule has 3 saturated heterocycles. The van der Waals surface area contributed by atoms with Gasteiger partial charge in [0.2, 0.25) is 0 Å². The van der Waals surface area contributed by atoms with Crippen molar-refractivity contribution in [1.82, 2.24) is 10.2 Å². The molecule has 7 nitrogen and oxygen atoms in total. The number of piperidine rings is 3. The predicted molar refractivity (Wildman–Crippen MR) is 119 cm³/mol. The topological polar surface area (TPSA) is 69.3 Å². The summed E-state index contributed by atoms with van der Waals surface area (Å²) in [6.45, 7) is 4.58. The lowest BCUT2D eigenvalue weighted by Crippen LogP contribution is -2.57. The van der Waals surface area contributed by atoms with Gasteiger partial charge in [0.05, 0.1) is 20.3 Å². The quantitative estimate of drug-likeness (QED) is 0.717. The number of hydrogen-bond donors (Lipinski definition) is 1. The van der Waals surface area contributed by atoms with Gasteiger partial charge in [0.15, 0.2) is 17.6 Å². The van der Waals surface area contributed by atoms with Gasteiger partial charge in [0.25, 0.3) is 5.91 Å². The molecular formula is C25H30N2O5. The molecule has 0 aliphatic carbocycles. The minimum Gasteiger partial charge on any atom is -0.497 e. The first-order chi connectivity index (χ1) is 15.7. The molecule has 4 aliphatic heterocycles.